The molecule has 1 heterocycles. The first-order valence-electron chi connectivity index (χ1n) is 5.68. The first kappa shape index (κ1) is 12.0. The molecule has 2 rings (SSSR count). The Morgan fingerprint density at radius 2 is 2.06 bits per heavy atom. The minimum Gasteiger partial charge on any atom is -0.459 e. The SMILES string of the molecule is CCCC(N)c1cc2c(F)c(F)cc(C)c2o1. The standard InChI is InChI=1S/C13H15F2NO/c1-3-4-10(16)11-6-8-12(15)9(14)5-7(2)13(8)17-11/h5-6,10H,3-4,16H2,1-2H3. The number of hydrogen-bond donors (Lipinski definition) is 1. The monoisotopic (exact) mass is 239 g/mol. The molecule has 2 N–H and O–H groups in total. The van der Waals surface area contributed by atoms with E-state index in [-0.39, 0.29) is 11.4 Å². The van der Waals surface area contributed by atoms with Gasteiger partial charge in [-0.3, -0.25) is 0 Å². The van der Waals surface area contributed by atoms with Gasteiger partial charge >= 0.3 is 0 Å². The second kappa shape index (κ2) is 4.45. The van der Waals surface area contributed by atoms with E-state index in [1.165, 1.54) is 6.07 Å². The lowest BCUT2D eigenvalue weighted by molar-refractivity contribution is 0.472. The third kappa shape index (κ3) is 2.05. The van der Waals surface area contributed by atoms with Crippen molar-refractivity contribution in [3.8, 4) is 0 Å². The van der Waals surface area contributed by atoms with Crippen LogP contribution in [-0.4, -0.2) is 0 Å². The summed E-state index contributed by atoms with van der Waals surface area (Å²) in [5, 5.41) is 0.170. The van der Waals surface area contributed by atoms with E-state index in [1.54, 1.807) is 6.92 Å². The van der Waals surface area contributed by atoms with Crippen LogP contribution < -0.4 is 5.73 Å². The molecule has 0 saturated heterocycles. The first-order valence-corrected chi connectivity index (χ1v) is 5.68. The van der Waals surface area contributed by atoms with Crippen molar-refractivity contribution >= 4 is 11.0 Å². The second-order valence-electron chi connectivity index (χ2n) is 4.28. The van der Waals surface area contributed by atoms with Gasteiger partial charge in [0.15, 0.2) is 11.6 Å². The van der Waals surface area contributed by atoms with Crippen LogP contribution in [0.4, 0.5) is 8.78 Å². The average molecular weight is 239 g/mol. The summed E-state index contributed by atoms with van der Waals surface area (Å²) in [5.41, 5.74) is 6.86. The maximum atomic E-state index is 13.6. The van der Waals surface area contributed by atoms with Crippen molar-refractivity contribution in [2.75, 3.05) is 0 Å². The highest BCUT2D eigenvalue weighted by Crippen LogP contribution is 2.30. The predicted octanol–water partition coefficient (Wildman–Crippen LogP) is 3.82. The molecule has 2 aromatic rings. The van der Waals surface area contributed by atoms with Crippen LogP contribution in [-0.2, 0) is 0 Å². The molecule has 0 aliphatic carbocycles. The van der Waals surface area contributed by atoms with Crippen LogP contribution >= 0.6 is 0 Å². The number of fused-ring (bicyclic) bond motifs is 1. The zero-order valence-corrected chi connectivity index (χ0v) is 9.89. The van der Waals surface area contributed by atoms with E-state index in [0.717, 1.165) is 18.9 Å². The van der Waals surface area contributed by atoms with E-state index in [9.17, 15) is 8.78 Å². The topological polar surface area (TPSA) is 39.2 Å². The number of nitrogens with two attached hydrogens (primary N) is 1. The highest BCUT2D eigenvalue weighted by molar-refractivity contribution is 5.81. The Bertz CT molecular complexity index is 548. The molecule has 0 fully saturated rings. The molecule has 0 saturated carbocycles. The number of halogens is 2. The summed E-state index contributed by atoms with van der Waals surface area (Å²) in [6, 6.07) is 2.37. The van der Waals surface area contributed by atoms with Gasteiger partial charge in [0.25, 0.3) is 0 Å². The van der Waals surface area contributed by atoms with E-state index in [0.29, 0.717) is 16.9 Å². The third-order valence-electron chi connectivity index (χ3n) is 2.86. The third-order valence-corrected chi connectivity index (χ3v) is 2.86. The molecule has 0 aliphatic rings. The molecule has 92 valence electrons. The van der Waals surface area contributed by atoms with E-state index in [4.69, 9.17) is 10.2 Å². The summed E-state index contributed by atoms with van der Waals surface area (Å²) in [7, 11) is 0. The van der Waals surface area contributed by atoms with Gasteiger partial charge in [-0.15, -0.1) is 0 Å². The van der Waals surface area contributed by atoms with Gasteiger partial charge in [0, 0.05) is 0 Å². The van der Waals surface area contributed by atoms with Crippen LogP contribution in [0.5, 0.6) is 0 Å². The summed E-state index contributed by atoms with van der Waals surface area (Å²) < 4.78 is 32.3. The van der Waals surface area contributed by atoms with Crippen molar-refractivity contribution in [1.29, 1.82) is 0 Å². The lowest BCUT2D eigenvalue weighted by atomic mass is 10.1. The smallest absolute Gasteiger partial charge is 0.169 e. The highest BCUT2D eigenvalue weighted by Gasteiger charge is 2.17. The minimum absolute atomic E-state index is 0.170. The number of rotatable bonds is 3. The summed E-state index contributed by atoms with van der Waals surface area (Å²) in [6.45, 7) is 3.69. The van der Waals surface area contributed by atoms with E-state index in [1.807, 2.05) is 6.92 Å². The zero-order chi connectivity index (χ0) is 12.6. The van der Waals surface area contributed by atoms with Crippen LogP contribution in [0.1, 0.15) is 37.1 Å². The number of hydrogen-bond acceptors (Lipinski definition) is 2. The Balaban J connectivity index is 2.57. The average Bonchev–Trinajstić information content (AvgIpc) is 2.72. The largest absolute Gasteiger partial charge is 0.459 e. The van der Waals surface area contributed by atoms with Gasteiger partial charge in [-0.1, -0.05) is 13.3 Å². The Labute approximate surface area is 98.4 Å². The molecular formula is C13H15F2NO. The molecule has 0 aliphatic heterocycles. The molecule has 1 aromatic heterocycles. The second-order valence-corrected chi connectivity index (χ2v) is 4.28. The van der Waals surface area contributed by atoms with Crippen molar-refractivity contribution in [2.45, 2.75) is 32.7 Å². The minimum atomic E-state index is -0.871. The Morgan fingerprint density at radius 3 is 2.71 bits per heavy atom. The maximum Gasteiger partial charge on any atom is 0.169 e. The van der Waals surface area contributed by atoms with Gasteiger partial charge in [-0.2, -0.15) is 0 Å². The summed E-state index contributed by atoms with van der Waals surface area (Å²) in [5.74, 6) is -1.22. The van der Waals surface area contributed by atoms with Crippen LogP contribution in [0.25, 0.3) is 11.0 Å². The highest BCUT2D eigenvalue weighted by atomic mass is 19.2. The van der Waals surface area contributed by atoms with Crippen molar-refractivity contribution in [3.63, 3.8) is 0 Å². The maximum absolute atomic E-state index is 13.6. The molecule has 0 amide bonds. The lowest BCUT2D eigenvalue weighted by Crippen LogP contribution is -2.08. The summed E-state index contributed by atoms with van der Waals surface area (Å²) in [6.07, 6.45) is 1.66. The van der Waals surface area contributed by atoms with Crippen molar-refractivity contribution in [3.05, 3.63) is 35.1 Å². The Hall–Kier alpha value is -1.42. The number of benzene rings is 1. The van der Waals surface area contributed by atoms with E-state index < -0.39 is 11.6 Å². The first-order chi connectivity index (χ1) is 8.04. The van der Waals surface area contributed by atoms with E-state index >= 15 is 0 Å². The van der Waals surface area contributed by atoms with Crippen LogP contribution in [0.2, 0.25) is 0 Å². The molecule has 0 radical (unpaired) electrons. The van der Waals surface area contributed by atoms with Gasteiger partial charge in [-0.25, -0.2) is 8.78 Å². The predicted molar refractivity (Wildman–Crippen MR) is 62.7 cm³/mol. The molecule has 0 spiro atoms. The summed E-state index contributed by atoms with van der Waals surface area (Å²) in [4.78, 5) is 0. The van der Waals surface area contributed by atoms with Crippen molar-refractivity contribution in [2.24, 2.45) is 5.73 Å². The van der Waals surface area contributed by atoms with Crippen LogP contribution in [0, 0.1) is 18.6 Å². The number of aryl methyl sites for hydroxylation is 1. The van der Waals surface area contributed by atoms with E-state index in [2.05, 4.69) is 0 Å². The normalized spacial score (nSPS) is 13.2. The molecule has 1 atom stereocenters. The van der Waals surface area contributed by atoms with Crippen molar-refractivity contribution in [1.82, 2.24) is 0 Å². The van der Waals surface area contributed by atoms with Gasteiger partial charge in [0.05, 0.1) is 11.4 Å². The quantitative estimate of drug-likeness (QED) is 0.884. The summed E-state index contributed by atoms with van der Waals surface area (Å²) >= 11 is 0. The van der Waals surface area contributed by atoms with Gasteiger partial charge < -0.3 is 10.2 Å². The van der Waals surface area contributed by atoms with Crippen molar-refractivity contribution < 1.29 is 13.2 Å². The fourth-order valence-electron chi connectivity index (χ4n) is 1.95. The van der Waals surface area contributed by atoms with Crippen LogP contribution in [0.15, 0.2) is 16.5 Å². The molecular weight excluding hydrogens is 224 g/mol. The lowest BCUT2D eigenvalue weighted by Gasteiger charge is -2.05. The molecule has 1 unspecified atom stereocenters. The molecule has 0 bridgehead atoms. The van der Waals surface area contributed by atoms with Gasteiger partial charge in [-0.05, 0) is 31.0 Å². The molecule has 1 aromatic carbocycles. The molecule has 4 heteroatoms. The fraction of sp³-hybridized carbons (Fsp3) is 0.385. The Morgan fingerprint density at radius 1 is 1.35 bits per heavy atom. The molecule has 17 heavy (non-hydrogen) atoms. The number of furan rings is 1. The molecule has 2 nitrogen and oxygen atoms in total. The van der Waals surface area contributed by atoms with Crippen LogP contribution in [0.3, 0.4) is 0 Å². The van der Waals surface area contributed by atoms with Gasteiger partial charge in [0.1, 0.15) is 11.3 Å². The fourth-order valence-corrected chi connectivity index (χ4v) is 1.95. The Kier molecular flexibility index (Phi) is 3.15. The van der Waals surface area contributed by atoms with Gasteiger partial charge in [0.2, 0.25) is 0 Å². The zero-order valence-electron chi connectivity index (χ0n) is 9.89.